The fraction of sp³-hybridized carbons (Fsp3) is 0.391. The van der Waals surface area contributed by atoms with Gasteiger partial charge in [0, 0.05) is 16.2 Å². The van der Waals surface area contributed by atoms with Crippen molar-refractivity contribution in [2.75, 3.05) is 11.9 Å². The van der Waals surface area contributed by atoms with Gasteiger partial charge in [-0.05, 0) is 74.7 Å². The Hall–Kier alpha value is -1.82. The average molecular weight is 465 g/mol. The van der Waals surface area contributed by atoms with Crippen molar-refractivity contribution >= 4 is 52.2 Å². The van der Waals surface area contributed by atoms with Gasteiger partial charge < -0.3 is 15.4 Å². The van der Waals surface area contributed by atoms with Crippen molar-refractivity contribution in [3.05, 3.63) is 63.6 Å². The van der Waals surface area contributed by atoms with E-state index in [4.69, 9.17) is 40.2 Å². The van der Waals surface area contributed by atoms with Crippen LogP contribution in [0.25, 0.3) is 0 Å². The fourth-order valence-electron chi connectivity index (χ4n) is 3.93. The van der Waals surface area contributed by atoms with Crippen LogP contribution in [0.5, 0.6) is 0 Å². The summed E-state index contributed by atoms with van der Waals surface area (Å²) >= 11 is 18.2. The van der Waals surface area contributed by atoms with Crippen LogP contribution in [0.3, 0.4) is 0 Å². The van der Waals surface area contributed by atoms with Crippen LogP contribution in [0.15, 0.2) is 42.5 Å². The average Bonchev–Trinajstić information content (AvgIpc) is 3.16. The Morgan fingerprint density at radius 1 is 1.13 bits per heavy atom. The van der Waals surface area contributed by atoms with E-state index in [-0.39, 0.29) is 5.54 Å². The molecule has 160 valence electrons. The summed E-state index contributed by atoms with van der Waals surface area (Å²) in [4.78, 5) is 11.9. The van der Waals surface area contributed by atoms with Gasteiger partial charge in [0.1, 0.15) is 0 Å². The molecule has 0 saturated heterocycles. The van der Waals surface area contributed by atoms with E-state index in [1.54, 1.807) is 25.1 Å². The van der Waals surface area contributed by atoms with Gasteiger partial charge in [0.15, 0.2) is 5.11 Å². The molecule has 0 radical (unpaired) electrons. The largest absolute Gasteiger partial charge is 0.462 e. The van der Waals surface area contributed by atoms with Crippen LogP contribution >= 0.6 is 35.4 Å². The first kappa shape index (κ1) is 22.9. The number of halogens is 2. The molecular weight excluding hydrogens is 439 g/mol. The maximum Gasteiger partial charge on any atom is 0.339 e. The van der Waals surface area contributed by atoms with Gasteiger partial charge in [-0.25, -0.2) is 4.79 Å². The van der Waals surface area contributed by atoms with Crippen molar-refractivity contribution in [1.29, 1.82) is 0 Å². The van der Waals surface area contributed by atoms with Crippen LogP contribution in [0.1, 0.15) is 54.9 Å². The van der Waals surface area contributed by atoms with Gasteiger partial charge >= 0.3 is 5.97 Å². The van der Waals surface area contributed by atoms with Crippen molar-refractivity contribution in [3.8, 4) is 0 Å². The molecule has 4 nitrogen and oxygen atoms in total. The Morgan fingerprint density at radius 2 is 1.87 bits per heavy atom. The van der Waals surface area contributed by atoms with Crippen LogP contribution in [0.4, 0.5) is 5.69 Å². The minimum Gasteiger partial charge on any atom is -0.462 e. The van der Waals surface area contributed by atoms with Gasteiger partial charge in [-0.15, -0.1) is 0 Å². The lowest BCUT2D eigenvalue weighted by molar-refractivity contribution is 0.0526. The van der Waals surface area contributed by atoms with E-state index in [0.29, 0.717) is 22.3 Å². The van der Waals surface area contributed by atoms with Gasteiger partial charge in [-0.1, -0.05) is 54.2 Å². The summed E-state index contributed by atoms with van der Waals surface area (Å²) in [5.74, 6) is -0.431. The normalized spacial score (nSPS) is 14.9. The Kier molecular flexibility index (Phi) is 7.98. The van der Waals surface area contributed by atoms with Crippen LogP contribution in [0, 0.1) is 0 Å². The van der Waals surface area contributed by atoms with E-state index in [1.165, 1.54) is 12.8 Å². The van der Waals surface area contributed by atoms with Crippen LogP contribution < -0.4 is 10.6 Å². The van der Waals surface area contributed by atoms with Crippen molar-refractivity contribution in [3.63, 3.8) is 0 Å². The summed E-state index contributed by atoms with van der Waals surface area (Å²) in [6, 6.07) is 13.1. The summed E-state index contributed by atoms with van der Waals surface area (Å²) in [5.41, 5.74) is 2.19. The second-order valence-corrected chi connectivity index (χ2v) is 8.80. The molecule has 0 aliphatic heterocycles. The molecule has 2 aromatic carbocycles. The quantitative estimate of drug-likeness (QED) is 0.366. The number of nitrogens with one attached hydrogen (secondary N) is 2. The Labute approximate surface area is 193 Å². The molecule has 2 aromatic rings. The van der Waals surface area contributed by atoms with Crippen LogP contribution in [-0.2, 0) is 11.2 Å². The highest BCUT2D eigenvalue weighted by atomic mass is 35.5. The van der Waals surface area contributed by atoms with Crippen LogP contribution in [-0.4, -0.2) is 23.2 Å². The highest BCUT2D eigenvalue weighted by Crippen LogP contribution is 2.34. The van der Waals surface area contributed by atoms with E-state index in [1.807, 2.05) is 18.2 Å². The number of carbonyl (C=O) groups is 1. The first-order valence-electron chi connectivity index (χ1n) is 10.2. The predicted octanol–water partition coefficient (Wildman–Crippen LogP) is 6.40. The number of hydrogen-bond acceptors (Lipinski definition) is 3. The molecule has 1 aliphatic rings. The molecule has 3 rings (SSSR count). The second kappa shape index (κ2) is 10.5. The van der Waals surface area contributed by atoms with Crippen molar-refractivity contribution in [2.45, 2.75) is 51.0 Å². The summed E-state index contributed by atoms with van der Waals surface area (Å²) < 4.78 is 5.01. The molecule has 0 atom stereocenters. The molecule has 30 heavy (non-hydrogen) atoms. The van der Waals surface area contributed by atoms with Gasteiger partial charge in [0.2, 0.25) is 0 Å². The number of thiocarbonyl (C=S) groups is 1. The number of rotatable bonds is 7. The smallest absolute Gasteiger partial charge is 0.339 e. The van der Waals surface area contributed by atoms with E-state index in [9.17, 15) is 4.79 Å². The second-order valence-electron chi connectivity index (χ2n) is 7.57. The zero-order valence-electron chi connectivity index (χ0n) is 17.0. The van der Waals surface area contributed by atoms with Gasteiger partial charge in [0.05, 0.1) is 17.2 Å². The molecule has 0 heterocycles. The molecule has 1 fully saturated rings. The minimum absolute atomic E-state index is 0.0437. The standard InChI is InChI=1S/C23H26Cl2N2O2S/c1-2-29-21(28)18-10-9-17(15-20(18)25)26-22(30)27-23(12-5-6-13-23)14-11-16-7-3-4-8-19(16)24/h3-4,7-10,15H,2,5-6,11-14H2,1H3,(H2,26,27,30). The molecule has 0 aromatic heterocycles. The number of aryl methyl sites for hydroxylation is 1. The van der Waals surface area contributed by atoms with Crippen molar-refractivity contribution < 1.29 is 9.53 Å². The monoisotopic (exact) mass is 464 g/mol. The number of hydrogen-bond donors (Lipinski definition) is 2. The van der Waals surface area contributed by atoms with E-state index in [2.05, 4.69) is 16.7 Å². The topological polar surface area (TPSA) is 50.4 Å². The Balaban J connectivity index is 1.63. The van der Waals surface area contributed by atoms with Crippen LogP contribution in [0.2, 0.25) is 10.0 Å². The molecule has 2 N–H and O–H groups in total. The summed E-state index contributed by atoms with van der Waals surface area (Å²) in [7, 11) is 0. The van der Waals surface area contributed by atoms with Crippen molar-refractivity contribution in [1.82, 2.24) is 5.32 Å². The first-order valence-corrected chi connectivity index (χ1v) is 11.4. The zero-order chi connectivity index (χ0) is 21.6. The minimum atomic E-state index is -0.431. The maximum absolute atomic E-state index is 11.9. The number of anilines is 1. The lowest BCUT2D eigenvalue weighted by Gasteiger charge is -2.32. The fourth-order valence-corrected chi connectivity index (χ4v) is 4.76. The first-order chi connectivity index (χ1) is 14.4. The number of ether oxygens (including phenoxy) is 1. The molecule has 1 saturated carbocycles. The van der Waals surface area contributed by atoms with Gasteiger partial charge in [0.25, 0.3) is 0 Å². The molecule has 7 heteroatoms. The number of benzene rings is 2. The summed E-state index contributed by atoms with van der Waals surface area (Å²) in [6.45, 7) is 2.07. The Morgan fingerprint density at radius 3 is 2.53 bits per heavy atom. The number of esters is 1. The zero-order valence-corrected chi connectivity index (χ0v) is 19.3. The molecule has 0 spiro atoms. The molecule has 1 aliphatic carbocycles. The molecular formula is C23H26Cl2N2O2S. The maximum atomic E-state index is 11.9. The van der Waals surface area contributed by atoms with E-state index < -0.39 is 5.97 Å². The van der Waals surface area contributed by atoms with E-state index >= 15 is 0 Å². The third-order valence-corrected chi connectivity index (χ3v) is 6.38. The van der Waals surface area contributed by atoms with Gasteiger partial charge in [-0.2, -0.15) is 0 Å². The SMILES string of the molecule is CCOC(=O)c1ccc(NC(=S)NC2(CCc3ccccc3Cl)CCCC2)cc1Cl. The molecule has 0 amide bonds. The lowest BCUT2D eigenvalue weighted by Crippen LogP contribution is -2.48. The third kappa shape index (κ3) is 5.87. The number of carbonyl (C=O) groups excluding carboxylic acids is 1. The Bertz CT molecular complexity index is 914. The van der Waals surface area contributed by atoms with Gasteiger partial charge in [-0.3, -0.25) is 0 Å². The van der Waals surface area contributed by atoms with Crippen molar-refractivity contribution in [2.24, 2.45) is 0 Å². The third-order valence-electron chi connectivity index (χ3n) is 5.49. The van der Waals surface area contributed by atoms with E-state index in [0.717, 1.165) is 42.0 Å². The summed E-state index contributed by atoms with van der Waals surface area (Å²) in [5, 5.41) is 8.44. The predicted molar refractivity (Wildman–Crippen MR) is 128 cm³/mol. The highest BCUT2D eigenvalue weighted by Gasteiger charge is 2.34. The summed E-state index contributed by atoms with van der Waals surface area (Å²) in [6.07, 6.45) is 6.36. The molecule has 0 unspecified atom stereocenters. The molecule has 0 bridgehead atoms. The lowest BCUT2D eigenvalue weighted by atomic mass is 9.89. The highest BCUT2D eigenvalue weighted by molar-refractivity contribution is 7.80.